The lowest BCUT2D eigenvalue weighted by Crippen LogP contribution is -2.03. The Balaban J connectivity index is 1.72. The van der Waals surface area contributed by atoms with Gasteiger partial charge in [0, 0.05) is 12.0 Å². The summed E-state index contributed by atoms with van der Waals surface area (Å²) in [5, 5.41) is 0. The van der Waals surface area contributed by atoms with Crippen LogP contribution in [0, 0.1) is 0 Å². The summed E-state index contributed by atoms with van der Waals surface area (Å²) < 4.78 is 5.13. The normalized spacial score (nSPS) is 10.3. The number of benzene rings is 3. The van der Waals surface area contributed by atoms with Gasteiger partial charge in [0.1, 0.15) is 5.75 Å². The van der Waals surface area contributed by atoms with Crippen LogP contribution in [0.25, 0.3) is 11.1 Å². The van der Waals surface area contributed by atoms with E-state index in [1.165, 1.54) is 0 Å². The van der Waals surface area contributed by atoms with Gasteiger partial charge in [0.2, 0.25) is 0 Å². The topological polar surface area (TPSA) is 26.3 Å². The van der Waals surface area contributed by atoms with Gasteiger partial charge in [0.25, 0.3) is 0 Å². The molecule has 0 radical (unpaired) electrons. The Kier molecular flexibility index (Phi) is 4.53. The lowest BCUT2D eigenvalue weighted by atomic mass is 9.99. The van der Waals surface area contributed by atoms with Crippen molar-refractivity contribution in [3.8, 4) is 16.9 Å². The number of methoxy groups -OCH3 is 1. The van der Waals surface area contributed by atoms with Gasteiger partial charge in [0.15, 0.2) is 5.78 Å². The monoisotopic (exact) mass is 302 g/mol. The summed E-state index contributed by atoms with van der Waals surface area (Å²) in [6.45, 7) is 0. The van der Waals surface area contributed by atoms with Crippen LogP contribution in [-0.4, -0.2) is 12.9 Å². The zero-order valence-corrected chi connectivity index (χ0v) is 13.0. The molecule has 0 N–H and O–H groups in total. The molecule has 3 aromatic carbocycles. The maximum absolute atomic E-state index is 12.4. The van der Waals surface area contributed by atoms with Crippen LogP contribution >= 0.6 is 0 Å². The Morgan fingerprint density at radius 1 is 0.783 bits per heavy atom. The summed E-state index contributed by atoms with van der Waals surface area (Å²) in [6, 6.07) is 25.5. The predicted molar refractivity (Wildman–Crippen MR) is 92.9 cm³/mol. The van der Waals surface area contributed by atoms with Crippen molar-refractivity contribution in [3.63, 3.8) is 0 Å². The third-order valence-electron chi connectivity index (χ3n) is 3.84. The molecule has 0 aliphatic rings. The van der Waals surface area contributed by atoms with Gasteiger partial charge in [-0.25, -0.2) is 0 Å². The smallest absolute Gasteiger partial charge is 0.167 e. The van der Waals surface area contributed by atoms with Crippen LogP contribution in [0.15, 0.2) is 78.9 Å². The number of carbonyl (C=O) groups is 1. The standard InChI is InChI=1S/C21H18O2/c1-23-20-13-7-16(8-14-20)15-21(22)19-11-9-18(10-12-19)17-5-3-2-4-6-17/h2-14H,15H2,1H3. The van der Waals surface area contributed by atoms with Crippen molar-refractivity contribution in [2.75, 3.05) is 7.11 Å². The fourth-order valence-electron chi connectivity index (χ4n) is 2.51. The average Bonchev–Trinajstić information content (AvgIpc) is 2.63. The van der Waals surface area contributed by atoms with E-state index in [0.29, 0.717) is 6.42 Å². The van der Waals surface area contributed by atoms with E-state index in [1.54, 1.807) is 7.11 Å². The summed E-state index contributed by atoms with van der Waals surface area (Å²) in [6.07, 6.45) is 0.397. The Hall–Kier alpha value is -2.87. The van der Waals surface area contributed by atoms with Crippen molar-refractivity contribution in [2.45, 2.75) is 6.42 Å². The van der Waals surface area contributed by atoms with E-state index < -0.39 is 0 Å². The van der Waals surface area contributed by atoms with Gasteiger partial charge in [0.05, 0.1) is 7.11 Å². The quantitative estimate of drug-likeness (QED) is 0.634. The van der Waals surface area contributed by atoms with E-state index >= 15 is 0 Å². The van der Waals surface area contributed by atoms with Crippen molar-refractivity contribution in [3.05, 3.63) is 90.0 Å². The van der Waals surface area contributed by atoms with Crippen LogP contribution in [-0.2, 0) is 6.42 Å². The number of carbonyl (C=O) groups excluding carboxylic acids is 1. The molecule has 23 heavy (non-hydrogen) atoms. The predicted octanol–water partition coefficient (Wildman–Crippen LogP) is 4.79. The first-order valence-electron chi connectivity index (χ1n) is 7.58. The van der Waals surface area contributed by atoms with Crippen molar-refractivity contribution in [1.29, 1.82) is 0 Å². The van der Waals surface area contributed by atoms with E-state index in [0.717, 1.165) is 28.0 Å². The Morgan fingerprint density at radius 2 is 1.39 bits per heavy atom. The van der Waals surface area contributed by atoms with Gasteiger partial charge in [-0.2, -0.15) is 0 Å². The SMILES string of the molecule is COc1ccc(CC(=O)c2ccc(-c3ccccc3)cc2)cc1. The van der Waals surface area contributed by atoms with E-state index in [4.69, 9.17) is 4.74 Å². The Bertz CT molecular complexity index is 772. The van der Waals surface area contributed by atoms with Gasteiger partial charge in [-0.3, -0.25) is 4.79 Å². The number of hydrogen-bond donors (Lipinski definition) is 0. The molecule has 2 heteroatoms. The Morgan fingerprint density at radius 3 is 2.00 bits per heavy atom. The highest BCUT2D eigenvalue weighted by Gasteiger charge is 2.07. The third kappa shape index (κ3) is 3.67. The fourth-order valence-corrected chi connectivity index (χ4v) is 2.51. The summed E-state index contributed by atoms with van der Waals surface area (Å²) in [4.78, 5) is 12.4. The summed E-state index contributed by atoms with van der Waals surface area (Å²) in [7, 11) is 1.63. The fraction of sp³-hybridized carbons (Fsp3) is 0.0952. The molecule has 3 aromatic rings. The minimum Gasteiger partial charge on any atom is -0.497 e. The summed E-state index contributed by atoms with van der Waals surface area (Å²) in [5.74, 6) is 0.920. The summed E-state index contributed by atoms with van der Waals surface area (Å²) in [5.41, 5.74) is 4.00. The molecule has 0 amide bonds. The van der Waals surface area contributed by atoms with Gasteiger partial charge in [-0.1, -0.05) is 66.7 Å². The molecule has 2 nitrogen and oxygen atoms in total. The van der Waals surface area contributed by atoms with Crippen LogP contribution in [0.5, 0.6) is 5.75 Å². The third-order valence-corrected chi connectivity index (χ3v) is 3.84. The lowest BCUT2D eigenvalue weighted by Gasteiger charge is -2.05. The molecule has 0 fully saturated rings. The minimum absolute atomic E-state index is 0.120. The number of ketones is 1. The molecular weight excluding hydrogens is 284 g/mol. The molecule has 0 spiro atoms. The van der Waals surface area contributed by atoms with Crippen LogP contribution < -0.4 is 4.74 Å². The van der Waals surface area contributed by atoms with Crippen LogP contribution in [0.4, 0.5) is 0 Å². The van der Waals surface area contributed by atoms with Gasteiger partial charge in [-0.05, 0) is 28.8 Å². The first kappa shape index (κ1) is 15.0. The molecule has 0 aliphatic heterocycles. The molecule has 0 aromatic heterocycles. The van der Waals surface area contributed by atoms with Gasteiger partial charge in [-0.15, -0.1) is 0 Å². The maximum Gasteiger partial charge on any atom is 0.167 e. The largest absolute Gasteiger partial charge is 0.497 e. The maximum atomic E-state index is 12.4. The zero-order valence-electron chi connectivity index (χ0n) is 13.0. The highest BCUT2D eigenvalue weighted by molar-refractivity contribution is 5.97. The summed E-state index contributed by atoms with van der Waals surface area (Å²) >= 11 is 0. The highest BCUT2D eigenvalue weighted by Crippen LogP contribution is 2.20. The molecule has 0 heterocycles. The first-order chi connectivity index (χ1) is 11.3. The van der Waals surface area contributed by atoms with Crippen molar-refractivity contribution in [2.24, 2.45) is 0 Å². The zero-order chi connectivity index (χ0) is 16.1. The van der Waals surface area contributed by atoms with Crippen molar-refractivity contribution < 1.29 is 9.53 Å². The van der Waals surface area contributed by atoms with Crippen molar-refractivity contribution >= 4 is 5.78 Å². The second kappa shape index (κ2) is 6.93. The van der Waals surface area contributed by atoms with Crippen LogP contribution in [0.1, 0.15) is 15.9 Å². The Labute approximate surface area is 136 Å². The second-order valence-corrected chi connectivity index (χ2v) is 5.39. The molecule has 0 bridgehead atoms. The van der Waals surface area contributed by atoms with Gasteiger partial charge >= 0.3 is 0 Å². The first-order valence-corrected chi connectivity index (χ1v) is 7.58. The minimum atomic E-state index is 0.120. The number of rotatable bonds is 5. The molecule has 0 aliphatic carbocycles. The van der Waals surface area contributed by atoms with E-state index in [9.17, 15) is 4.79 Å². The molecule has 0 unspecified atom stereocenters. The molecule has 0 saturated carbocycles. The lowest BCUT2D eigenvalue weighted by molar-refractivity contribution is 0.0993. The average molecular weight is 302 g/mol. The molecular formula is C21H18O2. The number of hydrogen-bond acceptors (Lipinski definition) is 2. The second-order valence-electron chi connectivity index (χ2n) is 5.39. The van der Waals surface area contributed by atoms with Crippen LogP contribution in [0.2, 0.25) is 0 Å². The molecule has 3 rings (SSSR count). The van der Waals surface area contributed by atoms with E-state index in [2.05, 4.69) is 12.1 Å². The van der Waals surface area contributed by atoms with E-state index in [-0.39, 0.29) is 5.78 Å². The number of ether oxygens (including phenoxy) is 1. The molecule has 0 atom stereocenters. The highest BCUT2D eigenvalue weighted by atomic mass is 16.5. The van der Waals surface area contributed by atoms with E-state index in [1.807, 2.05) is 66.7 Å². The van der Waals surface area contributed by atoms with Gasteiger partial charge < -0.3 is 4.74 Å². The van der Waals surface area contributed by atoms with Crippen LogP contribution in [0.3, 0.4) is 0 Å². The number of Topliss-reactive ketones (excluding diaryl/α,β-unsaturated/α-hetero) is 1. The molecule has 0 saturated heterocycles. The molecule has 114 valence electrons. The van der Waals surface area contributed by atoms with Crippen molar-refractivity contribution in [1.82, 2.24) is 0 Å².